The van der Waals surface area contributed by atoms with Crippen LogP contribution in [-0.2, 0) is 4.79 Å². The van der Waals surface area contributed by atoms with Gasteiger partial charge in [-0.25, -0.2) is 0 Å². The Balaban J connectivity index is 1.42. The highest BCUT2D eigenvalue weighted by Crippen LogP contribution is 2.27. The van der Waals surface area contributed by atoms with Crippen molar-refractivity contribution in [3.8, 4) is 0 Å². The first kappa shape index (κ1) is 15.9. The molecule has 3 rings (SSSR count). The Bertz CT molecular complexity index is 709. The van der Waals surface area contributed by atoms with E-state index in [1.165, 1.54) is 6.42 Å². The van der Waals surface area contributed by atoms with E-state index in [0.717, 1.165) is 29.5 Å². The highest BCUT2D eigenvalue weighted by Gasteiger charge is 2.27. The van der Waals surface area contributed by atoms with Crippen molar-refractivity contribution in [1.29, 1.82) is 0 Å². The topological polar surface area (TPSA) is 62.3 Å². The second-order valence-electron chi connectivity index (χ2n) is 6.03. The fourth-order valence-corrected chi connectivity index (χ4v) is 3.45. The number of hydrogen-bond acceptors (Lipinski definition) is 4. The van der Waals surface area contributed by atoms with Gasteiger partial charge in [-0.1, -0.05) is 6.42 Å². The molecule has 0 atom stereocenters. The molecular weight excluding hydrogens is 310 g/mol. The Hall–Kier alpha value is -1.95. The SMILES string of the molecule is CN(CCCNC(=O)c1cnc2ccsc2c1)C(=O)C1CCC1. The summed E-state index contributed by atoms with van der Waals surface area (Å²) >= 11 is 1.58. The van der Waals surface area contributed by atoms with Gasteiger partial charge in [0.05, 0.1) is 15.8 Å². The fraction of sp³-hybridized carbons (Fsp3) is 0.471. The number of aromatic nitrogens is 1. The Morgan fingerprint density at radius 3 is 3.00 bits per heavy atom. The van der Waals surface area contributed by atoms with Crippen LogP contribution in [0.2, 0.25) is 0 Å². The first-order valence-electron chi connectivity index (χ1n) is 8.01. The van der Waals surface area contributed by atoms with E-state index in [1.807, 2.05) is 24.6 Å². The smallest absolute Gasteiger partial charge is 0.252 e. The standard InChI is InChI=1S/C17H21N3O2S/c1-20(17(22)12-4-2-5-12)8-3-7-18-16(21)13-10-15-14(19-11-13)6-9-23-15/h6,9-12H,2-5,7-8H2,1H3,(H,18,21). The van der Waals surface area contributed by atoms with E-state index in [2.05, 4.69) is 10.3 Å². The molecule has 2 heterocycles. The number of nitrogens with zero attached hydrogens (tertiary/aromatic N) is 2. The van der Waals surface area contributed by atoms with Gasteiger partial charge in [-0.05, 0) is 36.8 Å². The fourth-order valence-electron chi connectivity index (χ4n) is 2.67. The predicted octanol–water partition coefficient (Wildman–Crippen LogP) is 2.67. The maximum absolute atomic E-state index is 12.1. The number of carbonyl (C=O) groups excluding carboxylic acids is 2. The molecule has 5 nitrogen and oxygen atoms in total. The van der Waals surface area contributed by atoms with Gasteiger partial charge in [0.25, 0.3) is 5.91 Å². The molecule has 6 heteroatoms. The van der Waals surface area contributed by atoms with Gasteiger partial charge in [-0.2, -0.15) is 0 Å². The molecule has 1 fully saturated rings. The zero-order valence-corrected chi connectivity index (χ0v) is 14.1. The highest BCUT2D eigenvalue weighted by molar-refractivity contribution is 7.17. The van der Waals surface area contributed by atoms with Crippen LogP contribution >= 0.6 is 11.3 Å². The van der Waals surface area contributed by atoms with E-state index in [-0.39, 0.29) is 17.7 Å². The number of rotatable bonds is 6. The van der Waals surface area contributed by atoms with Crippen LogP contribution in [0.5, 0.6) is 0 Å². The molecule has 0 aromatic carbocycles. The number of carbonyl (C=O) groups is 2. The molecule has 1 N–H and O–H groups in total. The van der Waals surface area contributed by atoms with Gasteiger partial charge in [-0.15, -0.1) is 11.3 Å². The van der Waals surface area contributed by atoms with Crippen molar-refractivity contribution in [2.75, 3.05) is 20.1 Å². The lowest BCUT2D eigenvalue weighted by Gasteiger charge is -2.29. The number of amides is 2. The molecule has 0 unspecified atom stereocenters. The van der Waals surface area contributed by atoms with Gasteiger partial charge in [0, 0.05) is 32.3 Å². The summed E-state index contributed by atoms with van der Waals surface area (Å²) in [4.78, 5) is 30.2. The molecule has 0 radical (unpaired) electrons. The first-order valence-corrected chi connectivity index (χ1v) is 8.89. The second kappa shape index (κ2) is 7.08. The molecule has 0 aliphatic heterocycles. The molecule has 23 heavy (non-hydrogen) atoms. The van der Waals surface area contributed by atoms with E-state index < -0.39 is 0 Å². The minimum atomic E-state index is -0.110. The summed E-state index contributed by atoms with van der Waals surface area (Å²) < 4.78 is 1.02. The molecule has 122 valence electrons. The lowest BCUT2D eigenvalue weighted by Crippen LogP contribution is -2.37. The van der Waals surface area contributed by atoms with Crippen LogP contribution in [0.15, 0.2) is 23.7 Å². The molecule has 1 aliphatic rings. The molecule has 0 bridgehead atoms. The minimum Gasteiger partial charge on any atom is -0.352 e. The molecule has 2 aromatic heterocycles. The van der Waals surface area contributed by atoms with Crippen LogP contribution in [0.1, 0.15) is 36.0 Å². The Morgan fingerprint density at radius 1 is 1.43 bits per heavy atom. The summed E-state index contributed by atoms with van der Waals surface area (Å²) in [6.45, 7) is 1.24. The summed E-state index contributed by atoms with van der Waals surface area (Å²) in [5.41, 5.74) is 1.50. The average molecular weight is 331 g/mol. The van der Waals surface area contributed by atoms with E-state index in [4.69, 9.17) is 0 Å². The monoisotopic (exact) mass is 331 g/mol. The molecule has 1 aliphatic carbocycles. The van der Waals surface area contributed by atoms with Crippen LogP contribution in [0.25, 0.3) is 10.2 Å². The summed E-state index contributed by atoms with van der Waals surface area (Å²) in [6.07, 6.45) is 5.59. The van der Waals surface area contributed by atoms with Gasteiger partial charge >= 0.3 is 0 Å². The first-order chi connectivity index (χ1) is 11.1. The maximum Gasteiger partial charge on any atom is 0.252 e. The summed E-state index contributed by atoms with van der Waals surface area (Å²) in [5, 5.41) is 4.86. The Labute approximate surface area is 139 Å². The molecule has 0 saturated heterocycles. The normalized spacial score (nSPS) is 14.5. The van der Waals surface area contributed by atoms with E-state index in [9.17, 15) is 9.59 Å². The third kappa shape index (κ3) is 3.69. The van der Waals surface area contributed by atoms with Gasteiger partial charge in [-0.3, -0.25) is 14.6 Å². The third-order valence-corrected chi connectivity index (χ3v) is 5.20. The average Bonchev–Trinajstić information content (AvgIpc) is 2.96. The molecule has 1 saturated carbocycles. The highest BCUT2D eigenvalue weighted by atomic mass is 32.1. The van der Waals surface area contributed by atoms with Gasteiger partial charge in [0.2, 0.25) is 5.91 Å². The Morgan fingerprint density at radius 2 is 2.26 bits per heavy atom. The van der Waals surface area contributed by atoms with Crippen molar-refractivity contribution < 1.29 is 9.59 Å². The van der Waals surface area contributed by atoms with Crippen LogP contribution in [-0.4, -0.2) is 41.8 Å². The number of hydrogen-bond donors (Lipinski definition) is 1. The third-order valence-electron chi connectivity index (χ3n) is 4.35. The quantitative estimate of drug-likeness (QED) is 0.828. The summed E-state index contributed by atoms with van der Waals surface area (Å²) in [7, 11) is 1.84. The van der Waals surface area contributed by atoms with Crippen molar-refractivity contribution in [1.82, 2.24) is 15.2 Å². The number of thiophene rings is 1. The van der Waals surface area contributed by atoms with Gasteiger partial charge < -0.3 is 10.2 Å². The van der Waals surface area contributed by atoms with E-state index in [0.29, 0.717) is 18.7 Å². The molecular formula is C17H21N3O2S. The zero-order valence-electron chi connectivity index (χ0n) is 13.2. The van der Waals surface area contributed by atoms with Crippen LogP contribution in [0.3, 0.4) is 0 Å². The lowest BCUT2D eigenvalue weighted by molar-refractivity contribution is -0.136. The van der Waals surface area contributed by atoms with Crippen LogP contribution in [0, 0.1) is 5.92 Å². The largest absolute Gasteiger partial charge is 0.352 e. The van der Waals surface area contributed by atoms with Crippen molar-refractivity contribution in [2.24, 2.45) is 5.92 Å². The van der Waals surface area contributed by atoms with Crippen LogP contribution < -0.4 is 5.32 Å². The number of nitrogens with one attached hydrogen (secondary N) is 1. The number of fused-ring (bicyclic) bond motifs is 1. The van der Waals surface area contributed by atoms with Crippen molar-refractivity contribution >= 4 is 33.4 Å². The second-order valence-corrected chi connectivity index (χ2v) is 6.97. The van der Waals surface area contributed by atoms with Crippen molar-refractivity contribution in [3.63, 3.8) is 0 Å². The number of pyridine rings is 1. The predicted molar refractivity (Wildman–Crippen MR) is 91.5 cm³/mol. The summed E-state index contributed by atoms with van der Waals surface area (Å²) in [5.74, 6) is 0.369. The van der Waals surface area contributed by atoms with E-state index in [1.54, 1.807) is 22.4 Å². The minimum absolute atomic E-state index is 0.110. The molecule has 2 amide bonds. The summed E-state index contributed by atoms with van der Waals surface area (Å²) in [6, 6.07) is 3.81. The van der Waals surface area contributed by atoms with Crippen molar-refractivity contribution in [2.45, 2.75) is 25.7 Å². The Kier molecular flexibility index (Phi) is 4.91. The molecule has 0 spiro atoms. The van der Waals surface area contributed by atoms with Gasteiger partial charge in [0.15, 0.2) is 0 Å². The maximum atomic E-state index is 12.1. The van der Waals surface area contributed by atoms with Gasteiger partial charge in [0.1, 0.15) is 0 Å². The molecule has 2 aromatic rings. The lowest BCUT2D eigenvalue weighted by atomic mass is 9.84. The van der Waals surface area contributed by atoms with Crippen molar-refractivity contribution in [3.05, 3.63) is 29.3 Å². The van der Waals surface area contributed by atoms with E-state index >= 15 is 0 Å². The van der Waals surface area contributed by atoms with Crippen LogP contribution in [0.4, 0.5) is 0 Å². The zero-order chi connectivity index (χ0) is 16.2.